The molecule has 3 heterocycles. The third kappa shape index (κ3) is 3.09. The molecule has 3 aromatic rings. The van der Waals surface area contributed by atoms with Gasteiger partial charge in [-0.2, -0.15) is 5.26 Å². The highest BCUT2D eigenvalue weighted by molar-refractivity contribution is 7.18. The average molecular weight is 358 g/mol. The summed E-state index contributed by atoms with van der Waals surface area (Å²) in [6, 6.07) is 5.90. The fraction of sp³-hybridized carbons (Fsp3) is 0.250. The molecule has 8 heteroatoms. The van der Waals surface area contributed by atoms with Crippen LogP contribution in [0.4, 0.5) is 0 Å². The topological polar surface area (TPSA) is 79.0 Å². The highest BCUT2D eigenvalue weighted by Gasteiger charge is 2.16. The summed E-state index contributed by atoms with van der Waals surface area (Å²) in [5.41, 5.74) is 0.647. The Hall–Kier alpha value is -2.50. The van der Waals surface area contributed by atoms with E-state index >= 15 is 0 Å². The minimum atomic E-state index is -0.221. The zero-order valence-corrected chi connectivity index (χ0v) is 14.6. The quantitative estimate of drug-likeness (QED) is 0.702. The predicted molar refractivity (Wildman–Crippen MR) is 95.1 cm³/mol. The van der Waals surface area contributed by atoms with Gasteiger partial charge in [0.15, 0.2) is 0 Å². The summed E-state index contributed by atoms with van der Waals surface area (Å²) < 4.78 is 1.33. The zero-order chi connectivity index (χ0) is 17.1. The molecule has 0 aliphatic heterocycles. The number of nitrogens with zero attached hydrogens (tertiary/aromatic N) is 4. The number of carbonyl (C=O) groups excluding carboxylic acids is 1. The highest BCUT2D eigenvalue weighted by Crippen LogP contribution is 2.33. The summed E-state index contributed by atoms with van der Waals surface area (Å²) >= 11 is 2.99. The van der Waals surface area contributed by atoms with Gasteiger partial charge < -0.3 is 4.90 Å². The molecule has 0 saturated heterocycles. The molecule has 0 unspecified atom stereocenters. The van der Waals surface area contributed by atoms with E-state index in [0.717, 1.165) is 10.4 Å². The van der Waals surface area contributed by atoms with E-state index in [1.165, 1.54) is 27.1 Å². The van der Waals surface area contributed by atoms with Gasteiger partial charge in [0.25, 0.3) is 5.56 Å². The first-order valence-corrected chi connectivity index (χ1v) is 8.99. The van der Waals surface area contributed by atoms with E-state index in [1.54, 1.807) is 18.4 Å². The average Bonchev–Trinajstić information content (AvgIpc) is 3.23. The second-order valence-electron chi connectivity index (χ2n) is 5.21. The fourth-order valence-electron chi connectivity index (χ4n) is 2.30. The molecule has 24 heavy (non-hydrogen) atoms. The summed E-state index contributed by atoms with van der Waals surface area (Å²) in [7, 11) is 1.62. The van der Waals surface area contributed by atoms with Crippen molar-refractivity contribution in [2.75, 3.05) is 13.6 Å². The van der Waals surface area contributed by atoms with Crippen molar-refractivity contribution < 1.29 is 4.79 Å². The summed E-state index contributed by atoms with van der Waals surface area (Å²) in [5, 5.41) is 13.0. The molecule has 0 aliphatic carbocycles. The molecule has 0 bridgehead atoms. The van der Waals surface area contributed by atoms with Gasteiger partial charge >= 0.3 is 0 Å². The maximum absolute atomic E-state index is 12.8. The van der Waals surface area contributed by atoms with Crippen LogP contribution in [0.25, 0.3) is 20.7 Å². The van der Waals surface area contributed by atoms with Crippen molar-refractivity contribution in [3.8, 4) is 16.5 Å². The smallest absolute Gasteiger partial charge is 0.263 e. The van der Waals surface area contributed by atoms with Gasteiger partial charge in [0, 0.05) is 29.4 Å². The van der Waals surface area contributed by atoms with E-state index < -0.39 is 0 Å². The summed E-state index contributed by atoms with van der Waals surface area (Å²) in [5.74, 6) is -0.221. The molecule has 0 radical (unpaired) electrons. The van der Waals surface area contributed by atoms with Crippen LogP contribution in [-0.4, -0.2) is 34.0 Å². The molecular weight excluding hydrogens is 344 g/mol. The van der Waals surface area contributed by atoms with Crippen molar-refractivity contribution in [3.05, 3.63) is 39.6 Å². The van der Waals surface area contributed by atoms with Gasteiger partial charge in [-0.25, -0.2) is 4.98 Å². The largest absolute Gasteiger partial charge is 0.343 e. The molecule has 0 N–H and O–H groups in total. The van der Waals surface area contributed by atoms with Crippen LogP contribution in [0, 0.1) is 11.3 Å². The number of aromatic nitrogens is 2. The Morgan fingerprint density at radius 2 is 2.29 bits per heavy atom. The molecule has 0 atom stereocenters. The lowest BCUT2D eigenvalue weighted by atomic mass is 10.2. The molecule has 1 amide bonds. The minimum Gasteiger partial charge on any atom is -0.343 e. The van der Waals surface area contributed by atoms with Crippen LogP contribution >= 0.6 is 22.7 Å². The van der Waals surface area contributed by atoms with Crippen LogP contribution in [0.5, 0.6) is 0 Å². The Bertz CT molecular complexity index is 966. The van der Waals surface area contributed by atoms with Crippen molar-refractivity contribution in [1.82, 2.24) is 14.5 Å². The van der Waals surface area contributed by atoms with Gasteiger partial charge in [-0.05, 0) is 11.4 Å². The molecular formula is C16H14N4O2S2. The van der Waals surface area contributed by atoms with E-state index in [1.807, 2.05) is 29.0 Å². The van der Waals surface area contributed by atoms with Gasteiger partial charge in [-0.3, -0.25) is 14.2 Å². The third-order valence-electron chi connectivity index (χ3n) is 3.64. The molecule has 3 rings (SSSR count). The van der Waals surface area contributed by atoms with Crippen molar-refractivity contribution in [1.29, 1.82) is 5.26 Å². The molecule has 0 saturated carbocycles. The third-order valence-corrected chi connectivity index (χ3v) is 5.43. The standard InChI is InChI=1S/C16H14N4O2S2/c1-19(6-3-5-17)13(21)8-20-10-18-15-14(16(20)22)11(9-24-15)12-4-2-7-23-12/h2,4,7,9-10H,3,6,8H2,1H3. The van der Waals surface area contributed by atoms with Crippen LogP contribution < -0.4 is 5.56 Å². The summed E-state index contributed by atoms with van der Waals surface area (Å²) in [6.45, 7) is 0.266. The van der Waals surface area contributed by atoms with Crippen LogP contribution in [0.3, 0.4) is 0 Å². The predicted octanol–water partition coefficient (Wildman–Crippen LogP) is 2.56. The van der Waals surface area contributed by atoms with Crippen LogP contribution in [0.15, 0.2) is 34.0 Å². The SMILES string of the molecule is CN(CCC#N)C(=O)Cn1cnc2scc(-c3cccs3)c2c1=O. The van der Waals surface area contributed by atoms with Crippen LogP contribution in [0.1, 0.15) is 6.42 Å². The highest BCUT2D eigenvalue weighted by atomic mass is 32.1. The van der Waals surface area contributed by atoms with Crippen molar-refractivity contribution in [3.63, 3.8) is 0 Å². The number of nitriles is 1. The van der Waals surface area contributed by atoms with Gasteiger partial charge in [0.1, 0.15) is 11.4 Å². The maximum Gasteiger partial charge on any atom is 0.263 e. The lowest BCUT2D eigenvalue weighted by Gasteiger charge is -2.16. The van der Waals surface area contributed by atoms with Crippen LogP contribution in [-0.2, 0) is 11.3 Å². The van der Waals surface area contributed by atoms with E-state index in [-0.39, 0.29) is 24.4 Å². The molecule has 0 fully saturated rings. The van der Waals surface area contributed by atoms with Crippen LogP contribution in [0.2, 0.25) is 0 Å². The van der Waals surface area contributed by atoms with E-state index in [2.05, 4.69) is 4.98 Å². The van der Waals surface area contributed by atoms with Gasteiger partial charge in [-0.15, -0.1) is 22.7 Å². The summed E-state index contributed by atoms with van der Waals surface area (Å²) in [4.78, 5) is 32.4. The van der Waals surface area contributed by atoms with E-state index in [4.69, 9.17) is 5.26 Å². The number of hydrogen-bond acceptors (Lipinski definition) is 6. The number of rotatable bonds is 5. The molecule has 0 aliphatic rings. The van der Waals surface area contributed by atoms with Crippen molar-refractivity contribution in [2.24, 2.45) is 0 Å². The number of fused-ring (bicyclic) bond motifs is 1. The first-order chi connectivity index (χ1) is 11.6. The molecule has 6 nitrogen and oxygen atoms in total. The van der Waals surface area contributed by atoms with E-state index in [0.29, 0.717) is 16.8 Å². The van der Waals surface area contributed by atoms with Gasteiger partial charge in [0.05, 0.1) is 24.2 Å². The second kappa shape index (κ2) is 6.95. The normalized spacial score (nSPS) is 10.7. The number of likely N-dealkylation sites (N-methyl/N-ethyl adjacent to an activating group) is 1. The lowest BCUT2D eigenvalue weighted by Crippen LogP contribution is -2.34. The number of hydrogen-bond donors (Lipinski definition) is 0. The zero-order valence-electron chi connectivity index (χ0n) is 12.9. The van der Waals surface area contributed by atoms with Crippen molar-refractivity contribution in [2.45, 2.75) is 13.0 Å². The lowest BCUT2D eigenvalue weighted by molar-refractivity contribution is -0.130. The Kier molecular flexibility index (Phi) is 4.74. The first-order valence-electron chi connectivity index (χ1n) is 7.23. The Morgan fingerprint density at radius 3 is 3.00 bits per heavy atom. The monoisotopic (exact) mass is 358 g/mol. The van der Waals surface area contributed by atoms with Gasteiger partial charge in [-0.1, -0.05) is 6.07 Å². The first kappa shape index (κ1) is 16.4. The number of carbonyl (C=O) groups is 1. The Balaban J connectivity index is 1.94. The molecule has 122 valence electrons. The second-order valence-corrected chi connectivity index (χ2v) is 7.01. The maximum atomic E-state index is 12.8. The van der Waals surface area contributed by atoms with E-state index in [9.17, 15) is 9.59 Å². The molecule has 0 spiro atoms. The number of thiophene rings is 2. The van der Waals surface area contributed by atoms with Crippen molar-refractivity contribution >= 4 is 38.8 Å². The van der Waals surface area contributed by atoms with Gasteiger partial charge in [0.2, 0.25) is 5.91 Å². The Labute approximate surface area is 146 Å². The summed E-state index contributed by atoms with van der Waals surface area (Å²) in [6.07, 6.45) is 1.68. The molecule has 0 aromatic carbocycles. The minimum absolute atomic E-state index is 0.0799. The molecule has 3 aromatic heterocycles. The number of amides is 1. The fourth-order valence-corrected chi connectivity index (χ4v) is 4.02. The Morgan fingerprint density at radius 1 is 1.46 bits per heavy atom.